The Hall–Kier alpha value is -0.850. The van der Waals surface area contributed by atoms with E-state index < -0.39 is 15.7 Å². The van der Waals surface area contributed by atoms with Gasteiger partial charge in [0.15, 0.2) is 0 Å². The van der Waals surface area contributed by atoms with Crippen molar-refractivity contribution in [2.45, 2.75) is 13.0 Å². The lowest BCUT2D eigenvalue weighted by molar-refractivity contribution is 0.594. The Morgan fingerprint density at radius 3 is 2.70 bits per heavy atom. The minimum absolute atomic E-state index is 0.0181. The molecule has 0 aliphatic carbocycles. The summed E-state index contributed by atoms with van der Waals surface area (Å²) in [5, 5.41) is -0.0181. The molecule has 8 heteroatoms. The second-order valence-electron chi connectivity index (χ2n) is 4.50. The topological polar surface area (TPSA) is 52.0 Å². The molecule has 1 heterocycles. The summed E-state index contributed by atoms with van der Waals surface area (Å²) < 4.78 is 37.8. The van der Waals surface area contributed by atoms with Crippen molar-refractivity contribution in [2.75, 3.05) is 17.9 Å². The number of hydrogen-bond donors (Lipinski definition) is 0. The third kappa shape index (κ3) is 3.42. The molecule has 0 aliphatic rings. The van der Waals surface area contributed by atoms with Crippen LogP contribution in [0.25, 0.3) is 11.0 Å². The van der Waals surface area contributed by atoms with E-state index in [2.05, 4.69) is 4.98 Å². The number of nitrogens with zero attached hydrogens (tertiary/aromatic N) is 2. The highest BCUT2D eigenvalue weighted by Crippen LogP contribution is 2.24. The molecule has 0 saturated carbocycles. The summed E-state index contributed by atoms with van der Waals surface area (Å²) in [6.45, 7) is 0.240. The quantitative estimate of drug-likeness (QED) is 0.787. The van der Waals surface area contributed by atoms with Gasteiger partial charge in [-0.2, -0.15) is 0 Å². The summed E-state index contributed by atoms with van der Waals surface area (Å²) in [6.07, 6.45) is 1.64. The van der Waals surface area contributed by atoms with Crippen LogP contribution >= 0.6 is 23.2 Å². The number of rotatable bonds is 5. The van der Waals surface area contributed by atoms with E-state index in [1.54, 1.807) is 4.57 Å². The summed E-state index contributed by atoms with van der Waals surface area (Å²) >= 11 is 11.5. The Balaban J connectivity index is 2.52. The first-order chi connectivity index (χ1) is 9.31. The Bertz CT molecular complexity index is 743. The van der Waals surface area contributed by atoms with Gasteiger partial charge < -0.3 is 4.57 Å². The van der Waals surface area contributed by atoms with E-state index in [4.69, 9.17) is 23.2 Å². The van der Waals surface area contributed by atoms with Crippen LogP contribution in [0.3, 0.4) is 0 Å². The monoisotopic (exact) mass is 338 g/mol. The Morgan fingerprint density at radius 1 is 1.40 bits per heavy atom. The van der Waals surface area contributed by atoms with Gasteiger partial charge in [0.25, 0.3) is 0 Å². The van der Waals surface area contributed by atoms with Crippen LogP contribution in [0.5, 0.6) is 0 Å². The lowest BCUT2D eigenvalue weighted by atomic mass is 10.3. The van der Waals surface area contributed by atoms with Crippen molar-refractivity contribution < 1.29 is 12.8 Å². The first kappa shape index (κ1) is 15.5. The number of imidazole rings is 1. The van der Waals surface area contributed by atoms with E-state index in [9.17, 15) is 12.8 Å². The molecule has 20 heavy (non-hydrogen) atoms. The van der Waals surface area contributed by atoms with Crippen LogP contribution < -0.4 is 0 Å². The van der Waals surface area contributed by atoms with E-state index in [1.165, 1.54) is 18.4 Å². The van der Waals surface area contributed by atoms with Crippen LogP contribution in [-0.4, -0.2) is 35.9 Å². The molecular formula is C12H13Cl2FN2O2S. The number of alkyl halides is 1. The van der Waals surface area contributed by atoms with Gasteiger partial charge in [-0.1, -0.05) is 11.6 Å². The van der Waals surface area contributed by atoms with Crippen LogP contribution in [0.1, 0.15) is 5.82 Å². The molecule has 0 unspecified atom stereocenters. The minimum Gasteiger partial charge on any atom is -0.327 e. The number of fused-ring (bicyclic) bond motifs is 1. The third-order valence-electron chi connectivity index (χ3n) is 2.87. The molecule has 0 bridgehead atoms. The van der Waals surface area contributed by atoms with Crippen LogP contribution in [0.4, 0.5) is 4.39 Å². The van der Waals surface area contributed by atoms with E-state index in [0.29, 0.717) is 29.2 Å². The molecule has 2 aromatic rings. The summed E-state index contributed by atoms with van der Waals surface area (Å²) in [5.41, 5.74) is 1.06. The molecule has 0 radical (unpaired) electrons. The van der Waals surface area contributed by atoms with Crippen LogP contribution in [0.15, 0.2) is 12.1 Å². The molecule has 4 nitrogen and oxygen atoms in total. The standard InChI is InChI=1S/C12H13Cl2FN2O2S/c1-20(18,19)5-4-17-11-6-8(14)9(15)7-10(11)16-12(17)2-3-13/h6-7H,2-5H2,1H3. The van der Waals surface area contributed by atoms with Crippen molar-refractivity contribution in [1.82, 2.24) is 9.55 Å². The zero-order valence-corrected chi connectivity index (χ0v) is 13.1. The van der Waals surface area contributed by atoms with Gasteiger partial charge in [0.2, 0.25) is 0 Å². The van der Waals surface area contributed by atoms with Crippen molar-refractivity contribution in [3.63, 3.8) is 0 Å². The van der Waals surface area contributed by atoms with Gasteiger partial charge in [0.05, 0.1) is 21.8 Å². The predicted octanol–water partition coefficient (Wildman–Crippen LogP) is 2.65. The zero-order valence-electron chi connectivity index (χ0n) is 10.7. The van der Waals surface area contributed by atoms with Crippen LogP contribution in [0, 0.1) is 5.82 Å². The zero-order chi connectivity index (χ0) is 14.9. The van der Waals surface area contributed by atoms with E-state index in [1.807, 2.05) is 0 Å². The van der Waals surface area contributed by atoms with Crippen molar-refractivity contribution >= 4 is 44.1 Å². The maximum atomic E-state index is 13.4. The van der Waals surface area contributed by atoms with Gasteiger partial charge in [-0.3, -0.25) is 0 Å². The predicted molar refractivity (Wildman–Crippen MR) is 78.8 cm³/mol. The van der Waals surface area contributed by atoms with Gasteiger partial charge in [0.1, 0.15) is 21.5 Å². The summed E-state index contributed by atoms with van der Waals surface area (Å²) in [7, 11) is -3.11. The molecule has 0 atom stereocenters. The lowest BCUT2D eigenvalue weighted by Crippen LogP contribution is -2.13. The minimum atomic E-state index is -3.11. The Kier molecular flexibility index (Phi) is 4.56. The molecule has 0 aliphatic heterocycles. The van der Waals surface area contributed by atoms with Crippen molar-refractivity contribution in [3.8, 4) is 0 Å². The molecule has 0 N–H and O–H groups in total. The fourth-order valence-electron chi connectivity index (χ4n) is 1.95. The lowest BCUT2D eigenvalue weighted by Gasteiger charge is -2.07. The number of sulfone groups is 1. The molecule has 1 aromatic heterocycles. The molecule has 0 fully saturated rings. The van der Waals surface area contributed by atoms with Crippen LogP contribution in [0.2, 0.25) is 5.02 Å². The number of benzene rings is 1. The van der Waals surface area contributed by atoms with E-state index in [-0.39, 0.29) is 17.3 Å². The molecule has 0 spiro atoms. The van der Waals surface area contributed by atoms with E-state index in [0.717, 1.165) is 0 Å². The normalized spacial score (nSPS) is 12.2. The number of hydrogen-bond acceptors (Lipinski definition) is 3. The average Bonchev–Trinajstić information content (AvgIpc) is 2.64. The fraction of sp³-hybridized carbons (Fsp3) is 0.417. The van der Waals surface area contributed by atoms with Crippen molar-refractivity contribution in [3.05, 3.63) is 28.8 Å². The van der Waals surface area contributed by atoms with Gasteiger partial charge in [-0.05, 0) is 6.07 Å². The highest BCUT2D eigenvalue weighted by atomic mass is 35.5. The number of halogens is 3. The Morgan fingerprint density at radius 2 is 2.10 bits per heavy atom. The van der Waals surface area contributed by atoms with Crippen molar-refractivity contribution in [2.24, 2.45) is 0 Å². The number of aromatic nitrogens is 2. The fourth-order valence-corrected chi connectivity index (χ4v) is 2.79. The highest BCUT2D eigenvalue weighted by molar-refractivity contribution is 7.90. The molecule has 0 amide bonds. The SMILES string of the molecule is CS(=O)(=O)CCn1c(CCCl)nc2cc(F)c(Cl)cc21. The molecular weight excluding hydrogens is 326 g/mol. The second kappa shape index (κ2) is 5.87. The molecule has 2 rings (SSSR count). The Labute approximate surface area is 126 Å². The first-order valence-corrected chi connectivity index (χ1v) is 8.87. The van der Waals surface area contributed by atoms with E-state index >= 15 is 0 Å². The molecule has 0 saturated heterocycles. The average molecular weight is 339 g/mol. The largest absolute Gasteiger partial charge is 0.327 e. The molecule has 110 valence electrons. The highest BCUT2D eigenvalue weighted by Gasteiger charge is 2.14. The smallest absolute Gasteiger partial charge is 0.149 e. The number of aryl methyl sites for hydroxylation is 2. The molecule has 1 aromatic carbocycles. The van der Waals surface area contributed by atoms with Crippen molar-refractivity contribution in [1.29, 1.82) is 0 Å². The summed E-state index contributed by atoms with van der Waals surface area (Å²) in [5.74, 6) is 0.394. The second-order valence-corrected chi connectivity index (χ2v) is 7.55. The summed E-state index contributed by atoms with van der Waals surface area (Å²) in [6, 6.07) is 2.70. The van der Waals surface area contributed by atoms with Gasteiger partial charge in [-0.25, -0.2) is 17.8 Å². The van der Waals surface area contributed by atoms with Crippen LogP contribution in [-0.2, 0) is 22.8 Å². The summed E-state index contributed by atoms with van der Waals surface area (Å²) in [4.78, 5) is 4.29. The first-order valence-electron chi connectivity index (χ1n) is 5.89. The van der Waals surface area contributed by atoms with Gasteiger partial charge >= 0.3 is 0 Å². The van der Waals surface area contributed by atoms with Gasteiger partial charge in [0, 0.05) is 31.2 Å². The maximum Gasteiger partial charge on any atom is 0.149 e. The van der Waals surface area contributed by atoms with Gasteiger partial charge in [-0.15, -0.1) is 11.6 Å². The maximum absolute atomic E-state index is 13.4. The third-order valence-corrected chi connectivity index (χ3v) is 4.28.